The number of halogens is 3. The van der Waals surface area contributed by atoms with Gasteiger partial charge in [0.05, 0.1) is 11.5 Å². The number of nitriles is 1. The average molecular weight is 192 g/mol. The van der Waals surface area contributed by atoms with E-state index >= 15 is 0 Å². The summed E-state index contributed by atoms with van der Waals surface area (Å²) < 4.78 is 35.4. The van der Waals surface area contributed by atoms with Gasteiger partial charge in [0, 0.05) is 13.1 Å². The molecule has 1 aliphatic heterocycles. The molecule has 1 fully saturated rings. The molecule has 0 aliphatic carbocycles. The molecule has 6 heteroatoms. The van der Waals surface area contributed by atoms with Crippen LogP contribution in [0.25, 0.3) is 0 Å². The Balaban J connectivity index is 2.55. The summed E-state index contributed by atoms with van der Waals surface area (Å²) in [7, 11) is 0. The number of hydrogen-bond donors (Lipinski definition) is 0. The Kier molecular flexibility index (Phi) is 1.98. The van der Waals surface area contributed by atoms with Gasteiger partial charge in [-0.3, -0.25) is 4.79 Å². The fourth-order valence-electron chi connectivity index (χ4n) is 1.19. The van der Waals surface area contributed by atoms with Crippen LogP contribution in [-0.2, 0) is 4.79 Å². The zero-order valence-corrected chi connectivity index (χ0v) is 6.85. The summed E-state index contributed by atoms with van der Waals surface area (Å²) in [6.45, 7) is 1.25. The van der Waals surface area contributed by atoms with E-state index in [1.54, 1.807) is 0 Å². The van der Waals surface area contributed by atoms with Gasteiger partial charge in [0.25, 0.3) is 0 Å². The third-order valence-electron chi connectivity index (χ3n) is 1.88. The van der Waals surface area contributed by atoms with Crippen LogP contribution in [0.2, 0.25) is 0 Å². The number of carbonyl (C=O) groups excluding carboxylic acids is 1. The Morgan fingerprint density at radius 3 is 2.31 bits per heavy atom. The first kappa shape index (κ1) is 9.84. The lowest BCUT2D eigenvalue weighted by molar-refractivity contribution is -0.193. The molecule has 0 aromatic carbocycles. The fourth-order valence-corrected chi connectivity index (χ4v) is 1.19. The molecule has 0 atom stereocenters. The number of nitrogens with zero attached hydrogens (tertiary/aromatic N) is 2. The van der Waals surface area contributed by atoms with Crippen LogP contribution in [0.4, 0.5) is 13.2 Å². The number of hydrogen-bond acceptors (Lipinski definition) is 2. The second kappa shape index (κ2) is 2.62. The molecule has 0 unspecified atom stereocenters. The molecule has 1 heterocycles. The van der Waals surface area contributed by atoms with E-state index in [-0.39, 0.29) is 13.1 Å². The van der Waals surface area contributed by atoms with Gasteiger partial charge in [-0.1, -0.05) is 0 Å². The highest BCUT2D eigenvalue weighted by Crippen LogP contribution is 2.32. The van der Waals surface area contributed by atoms with E-state index in [0.29, 0.717) is 4.90 Å². The van der Waals surface area contributed by atoms with Crippen LogP contribution in [-0.4, -0.2) is 30.1 Å². The third kappa shape index (κ3) is 1.74. The Bertz CT molecular complexity index is 272. The first-order valence-electron chi connectivity index (χ1n) is 3.56. The summed E-state index contributed by atoms with van der Waals surface area (Å²) in [5.41, 5.74) is -0.805. The minimum atomic E-state index is -4.82. The topological polar surface area (TPSA) is 44.1 Å². The normalized spacial score (nSPS) is 20.4. The van der Waals surface area contributed by atoms with Crippen molar-refractivity contribution in [1.29, 1.82) is 5.26 Å². The van der Waals surface area contributed by atoms with Crippen LogP contribution in [0.1, 0.15) is 6.92 Å². The van der Waals surface area contributed by atoms with Crippen LogP contribution >= 0.6 is 0 Å². The molecule has 0 radical (unpaired) electrons. The molecule has 1 aliphatic rings. The molecule has 0 N–H and O–H groups in total. The SMILES string of the molecule is CC1(C#N)CN(C(=O)C(F)(F)F)C1. The lowest BCUT2D eigenvalue weighted by atomic mass is 9.84. The summed E-state index contributed by atoms with van der Waals surface area (Å²) in [5.74, 6) is -1.86. The van der Waals surface area contributed by atoms with E-state index in [2.05, 4.69) is 0 Å². The van der Waals surface area contributed by atoms with Crippen molar-refractivity contribution in [1.82, 2.24) is 4.90 Å². The zero-order valence-electron chi connectivity index (χ0n) is 6.85. The molecule has 0 spiro atoms. The van der Waals surface area contributed by atoms with Gasteiger partial charge in [-0.2, -0.15) is 18.4 Å². The Morgan fingerprint density at radius 2 is 2.00 bits per heavy atom. The maximum Gasteiger partial charge on any atom is 0.471 e. The second-order valence-electron chi connectivity index (χ2n) is 3.33. The number of alkyl halides is 3. The van der Waals surface area contributed by atoms with Crippen molar-refractivity contribution in [2.75, 3.05) is 13.1 Å². The van der Waals surface area contributed by atoms with Crippen LogP contribution < -0.4 is 0 Å². The second-order valence-corrected chi connectivity index (χ2v) is 3.33. The van der Waals surface area contributed by atoms with Crippen molar-refractivity contribution in [2.24, 2.45) is 5.41 Å². The Labute approximate surface area is 72.7 Å². The van der Waals surface area contributed by atoms with Gasteiger partial charge in [-0.25, -0.2) is 0 Å². The molecule has 13 heavy (non-hydrogen) atoms. The van der Waals surface area contributed by atoms with Gasteiger partial charge >= 0.3 is 12.1 Å². The summed E-state index contributed by atoms with van der Waals surface area (Å²) >= 11 is 0. The van der Waals surface area contributed by atoms with Gasteiger partial charge in [0.15, 0.2) is 0 Å². The van der Waals surface area contributed by atoms with E-state index in [1.165, 1.54) is 6.92 Å². The molecule has 1 amide bonds. The molecule has 0 aromatic heterocycles. The van der Waals surface area contributed by atoms with Gasteiger partial charge in [-0.05, 0) is 6.92 Å². The first-order chi connectivity index (χ1) is 5.78. The monoisotopic (exact) mass is 192 g/mol. The third-order valence-corrected chi connectivity index (χ3v) is 1.88. The number of amides is 1. The number of likely N-dealkylation sites (tertiary alicyclic amines) is 1. The molecule has 72 valence electrons. The van der Waals surface area contributed by atoms with Crippen LogP contribution in [0, 0.1) is 16.7 Å². The largest absolute Gasteiger partial charge is 0.471 e. The molecular weight excluding hydrogens is 185 g/mol. The fraction of sp³-hybridized carbons (Fsp3) is 0.714. The average Bonchev–Trinajstić information content (AvgIpc) is 1.95. The summed E-state index contributed by atoms with van der Waals surface area (Å²) in [5, 5.41) is 8.48. The number of rotatable bonds is 0. The van der Waals surface area contributed by atoms with Gasteiger partial charge in [-0.15, -0.1) is 0 Å². The van der Waals surface area contributed by atoms with E-state index in [4.69, 9.17) is 5.26 Å². The molecule has 0 bridgehead atoms. The molecule has 1 rings (SSSR count). The highest BCUT2D eigenvalue weighted by atomic mass is 19.4. The van der Waals surface area contributed by atoms with Crippen LogP contribution in [0.15, 0.2) is 0 Å². The van der Waals surface area contributed by atoms with Gasteiger partial charge in [0.1, 0.15) is 0 Å². The predicted molar refractivity (Wildman–Crippen MR) is 36.4 cm³/mol. The van der Waals surface area contributed by atoms with Crippen molar-refractivity contribution in [3.05, 3.63) is 0 Å². The van der Waals surface area contributed by atoms with Crippen molar-refractivity contribution in [2.45, 2.75) is 13.1 Å². The predicted octanol–water partition coefficient (Wildman–Crippen LogP) is 0.921. The smallest absolute Gasteiger partial charge is 0.332 e. The van der Waals surface area contributed by atoms with E-state index < -0.39 is 17.5 Å². The minimum Gasteiger partial charge on any atom is -0.332 e. The van der Waals surface area contributed by atoms with Crippen molar-refractivity contribution < 1.29 is 18.0 Å². The molecule has 0 saturated carbocycles. The number of carbonyl (C=O) groups is 1. The van der Waals surface area contributed by atoms with Crippen LogP contribution in [0.5, 0.6) is 0 Å². The lowest BCUT2D eigenvalue weighted by Gasteiger charge is -2.43. The van der Waals surface area contributed by atoms with Crippen molar-refractivity contribution in [3.8, 4) is 6.07 Å². The minimum absolute atomic E-state index is 0.137. The highest BCUT2D eigenvalue weighted by Gasteiger charge is 2.50. The summed E-state index contributed by atoms with van der Waals surface area (Å²) in [6.07, 6.45) is -4.82. The first-order valence-corrected chi connectivity index (χ1v) is 3.56. The van der Waals surface area contributed by atoms with Gasteiger partial charge in [0.2, 0.25) is 0 Å². The highest BCUT2D eigenvalue weighted by molar-refractivity contribution is 5.82. The van der Waals surface area contributed by atoms with E-state index in [0.717, 1.165) is 0 Å². The lowest BCUT2D eigenvalue weighted by Crippen LogP contribution is -2.59. The maximum atomic E-state index is 11.8. The van der Waals surface area contributed by atoms with E-state index in [1.807, 2.05) is 6.07 Å². The summed E-state index contributed by atoms with van der Waals surface area (Å²) in [6, 6.07) is 1.85. The summed E-state index contributed by atoms with van der Waals surface area (Å²) in [4.78, 5) is 11.2. The zero-order chi connectivity index (χ0) is 10.3. The standard InChI is InChI=1S/C7H7F3N2O/c1-6(2-11)3-12(4-6)5(13)7(8,9)10/h3-4H2,1H3. The molecule has 0 aromatic rings. The molecule has 3 nitrogen and oxygen atoms in total. The maximum absolute atomic E-state index is 11.8. The van der Waals surface area contributed by atoms with Crippen LogP contribution in [0.3, 0.4) is 0 Å². The van der Waals surface area contributed by atoms with Crippen molar-refractivity contribution in [3.63, 3.8) is 0 Å². The Morgan fingerprint density at radius 1 is 1.54 bits per heavy atom. The quantitative estimate of drug-likeness (QED) is 0.572. The molecular formula is C7H7F3N2O. The molecule has 1 saturated heterocycles. The Hall–Kier alpha value is -1.25. The van der Waals surface area contributed by atoms with Crippen molar-refractivity contribution >= 4 is 5.91 Å². The van der Waals surface area contributed by atoms with E-state index in [9.17, 15) is 18.0 Å². The van der Waals surface area contributed by atoms with Gasteiger partial charge < -0.3 is 4.90 Å².